The maximum Gasteiger partial charge on any atom is 0.325 e. The fraction of sp³-hybridized carbons (Fsp3) is 0.190. The highest BCUT2D eigenvalue weighted by Gasteiger charge is 2.70. The van der Waals surface area contributed by atoms with E-state index in [1.807, 2.05) is 6.07 Å². The third kappa shape index (κ3) is 3.43. The smallest absolute Gasteiger partial charge is 0.325 e. The molecule has 1 fully saturated rings. The molecular weight excluding hydrogens is 449 g/mol. The van der Waals surface area contributed by atoms with Gasteiger partial charge in [-0.15, -0.1) is 11.3 Å². The van der Waals surface area contributed by atoms with Gasteiger partial charge in [-0.05, 0) is 41.8 Å². The topological polar surface area (TPSA) is 83.5 Å². The van der Waals surface area contributed by atoms with Crippen LogP contribution in [-0.2, 0) is 14.8 Å². The number of rotatable bonds is 6. The molecular formula is C21H17ClFNO4S2. The fourth-order valence-corrected chi connectivity index (χ4v) is 6.82. The number of halogens is 2. The van der Waals surface area contributed by atoms with E-state index in [9.17, 15) is 22.7 Å². The van der Waals surface area contributed by atoms with E-state index in [0.29, 0.717) is 4.88 Å². The summed E-state index contributed by atoms with van der Waals surface area (Å²) in [5.74, 6) is -2.71. The number of carboxylic acids is 1. The summed E-state index contributed by atoms with van der Waals surface area (Å²) in [6.07, 6.45) is 0. The van der Waals surface area contributed by atoms with E-state index in [0.717, 1.165) is 23.0 Å². The van der Waals surface area contributed by atoms with E-state index in [1.165, 1.54) is 24.3 Å². The highest BCUT2D eigenvalue weighted by Crippen LogP contribution is 2.58. The van der Waals surface area contributed by atoms with Gasteiger partial charge in [0.15, 0.2) is 0 Å². The van der Waals surface area contributed by atoms with Crippen molar-refractivity contribution < 1.29 is 22.7 Å². The van der Waals surface area contributed by atoms with Crippen LogP contribution in [0.3, 0.4) is 0 Å². The van der Waals surface area contributed by atoms with Gasteiger partial charge in [-0.1, -0.05) is 48.9 Å². The van der Waals surface area contributed by atoms with Gasteiger partial charge in [-0.3, -0.25) is 4.79 Å². The Kier molecular flexibility index (Phi) is 5.22. The molecule has 9 heteroatoms. The Hall–Kier alpha value is -2.26. The second kappa shape index (κ2) is 7.46. The van der Waals surface area contributed by atoms with Crippen molar-refractivity contribution in [3.8, 4) is 10.4 Å². The first-order valence-corrected chi connectivity index (χ1v) is 11.7. The largest absolute Gasteiger partial charge is 0.480 e. The van der Waals surface area contributed by atoms with Crippen molar-refractivity contribution >= 4 is 38.9 Å². The lowest BCUT2D eigenvalue weighted by molar-refractivity contribution is -0.140. The number of sulfonamides is 1. The van der Waals surface area contributed by atoms with Crippen LogP contribution in [0.4, 0.5) is 4.39 Å². The molecule has 0 saturated heterocycles. The molecule has 1 aliphatic rings. The number of carboxylic acid groups (broad SMARTS) is 1. The van der Waals surface area contributed by atoms with Gasteiger partial charge in [0.2, 0.25) is 0 Å². The van der Waals surface area contributed by atoms with Crippen LogP contribution in [0.25, 0.3) is 10.4 Å². The van der Waals surface area contributed by atoms with Gasteiger partial charge in [0, 0.05) is 21.4 Å². The summed E-state index contributed by atoms with van der Waals surface area (Å²) in [5.41, 5.74) is -0.651. The van der Waals surface area contributed by atoms with Crippen LogP contribution in [0, 0.1) is 11.7 Å². The zero-order valence-electron chi connectivity index (χ0n) is 15.7. The van der Waals surface area contributed by atoms with Crippen molar-refractivity contribution in [3.63, 3.8) is 0 Å². The van der Waals surface area contributed by atoms with E-state index in [2.05, 4.69) is 4.72 Å². The van der Waals surface area contributed by atoms with Gasteiger partial charge in [0.1, 0.15) is 15.6 Å². The van der Waals surface area contributed by atoms with Crippen LogP contribution in [0.5, 0.6) is 0 Å². The summed E-state index contributed by atoms with van der Waals surface area (Å²) in [4.78, 5) is 12.5. The van der Waals surface area contributed by atoms with Crippen molar-refractivity contribution in [1.82, 2.24) is 4.72 Å². The van der Waals surface area contributed by atoms with Crippen molar-refractivity contribution in [2.24, 2.45) is 5.92 Å². The summed E-state index contributed by atoms with van der Waals surface area (Å²) < 4.78 is 42.6. The molecule has 2 N–H and O–H groups in total. The molecule has 0 radical (unpaired) electrons. The van der Waals surface area contributed by atoms with E-state index in [1.54, 1.807) is 31.2 Å². The summed E-state index contributed by atoms with van der Waals surface area (Å²) >= 11 is 6.64. The molecule has 30 heavy (non-hydrogen) atoms. The number of nitrogens with one attached hydrogen (secondary N) is 1. The fourth-order valence-electron chi connectivity index (χ4n) is 3.87. The lowest BCUT2D eigenvalue weighted by Gasteiger charge is -2.15. The Morgan fingerprint density at radius 3 is 2.50 bits per heavy atom. The minimum Gasteiger partial charge on any atom is -0.480 e. The predicted molar refractivity (Wildman–Crippen MR) is 114 cm³/mol. The lowest BCUT2D eigenvalue weighted by atomic mass is 10.1. The second-order valence-electron chi connectivity index (χ2n) is 7.20. The van der Waals surface area contributed by atoms with Gasteiger partial charge in [0.25, 0.3) is 10.0 Å². The van der Waals surface area contributed by atoms with Crippen LogP contribution in [0.1, 0.15) is 18.4 Å². The molecule has 1 aromatic heterocycles. The van der Waals surface area contributed by atoms with Crippen molar-refractivity contribution in [2.45, 2.75) is 22.6 Å². The molecule has 5 nitrogen and oxygen atoms in total. The molecule has 0 aliphatic heterocycles. The SMILES string of the molecule is CC1[C@H](c2ccccc2)[C@]1(NS(=O)(=O)c1ccc(-c2ccc(Cl)cc2F)s1)C(=O)O. The molecule has 0 bridgehead atoms. The minimum absolute atomic E-state index is 0.0848. The Morgan fingerprint density at radius 1 is 1.17 bits per heavy atom. The normalized spacial score (nSPS) is 23.3. The highest BCUT2D eigenvalue weighted by molar-refractivity contribution is 7.91. The Morgan fingerprint density at radius 2 is 1.87 bits per heavy atom. The first-order chi connectivity index (χ1) is 14.2. The summed E-state index contributed by atoms with van der Waals surface area (Å²) in [6, 6.07) is 15.9. The van der Waals surface area contributed by atoms with Crippen LogP contribution < -0.4 is 4.72 Å². The molecule has 3 atom stereocenters. The van der Waals surface area contributed by atoms with Crippen LogP contribution in [-0.4, -0.2) is 25.0 Å². The molecule has 1 aliphatic carbocycles. The van der Waals surface area contributed by atoms with Crippen LogP contribution in [0.15, 0.2) is 64.9 Å². The van der Waals surface area contributed by atoms with Gasteiger partial charge < -0.3 is 5.11 Å². The zero-order chi connectivity index (χ0) is 21.7. The van der Waals surface area contributed by atoms with Crippen molar-refractivity contribution in [3.05, 3.63) is 77.1 Å². The van der Waals surface area contributed by atoms with Crippen LogP contribution in [0.2, 0.25) is 5.02 Å². The number of hydrogen-bond acceptors (Lipinski definition) is 4. The minimum atomic E-state index is -4.14. The maximum absolute atomic E-state index is 14.2. The molecule has 1 unspecified atom stereocenters. The number of benzene rings is 2. The van der Waals surface area contributed by atoms with Gasteiger partial charge in [-0.2, -0.15) is 4.72 Å². The molecule has 156 valence electrons. The number of carbonyl (C=O) groups is 1. The van der Waals surface area contributed by atoms with E-state index >= 15 is 0 Å². The second-order valence-corrected chi connectivity index (χ2v) is 10.6. The Bertz CT molecular complexity index is 1230. The number of aliphatic carboxylic acids is 1. The van der Waals surface area contributed by atoms with E-state index < -0.39 is 39.2 Å². The lowest BCUT2D eigenvalue weighted by Crippen LogP contribution is -2.45. The number of thiophene rings is 1. The first-order valence-electron chi connectivity index (χ1n) is 9.04. The summed E-state index contributed by atoms with van der Waals surface area (Å²) in [7, 11) is -4.14. The monoisotopic (exact) mass is 465 g/mol. The molecule has 3 aromatic rings. The number of hydrogen-bond donors (Lipinski definition) is 2. The van der Waals surface area contributed by atoms with Gasteiger partial charge in [-0.25, -0.2) is 12.8 Å². The Balaban J connectivity index is 1.66. The molecule has 2 aromatic carbocycles. The predicted octanol–water partition coefficient (Wildman–Crippen LogP) is 4.74. The molecule has 1 heterocycles. The third-order valence-electron chi connectivity index (χ3n) is 5.46. The summed E-state index contributed by atoms with van der Waals surface area (Å²) in [6.45, 7) is 1.71. The van der Waals surface area contributed by atoms with E-state index in [4.69, 9.17) is 11.6 Å². The van der Waals surface area contributed by atoms with E-state index in [-0.39, 0.29) is 14.8 Å². The average Bonchev–Trinajstić information content (AvgIpc) is 3.04. The quantitative estimate of drug-likeness (QED) is 0.550. The maximum atomic E-state index is 14.2. The zero-order valence-corrected chi connectivity index (χ0v) is 18.1. The molecule has 0 amide bonds. The molecule has 1 saturated carbocycles. The van der Waals surface area contributed by atoms with Gasteiger partial charge in [0.05, 0.1) is 0 Å². The standard InChI is InChI=1S/C21H17ClFNO4S2/c1-12-19(13-5-3-2-4-6-13)21(12,20(25)26)24-30(27,28)18-10-9-17(29-18)15-8-7-14(22)11-16(15)23/h2-12,19,24H,1H3,(H,25,26)/t12?,19-,21+/m1/s1. The first kappa shape index (κ1) is 21.0. The molecule has 0 spiro atoms. The highest BCUT2D eigenvalue weighted by atomic mass is 35.5. The molecule has 4 rings (SSSR count). The average molecular weight is 466 g/mol. The summed E-state index contributed by atoms with van der Waals surface area (Å²) in [5, 5.41) is 10.1. The van der Waals surface area contributed by atoms with Gasteiger partial charge >= 0.3 is 5.97 Å². The van der Waals surface area contributed by atoms with Crippen LogP contribution >= 0.6 is 22.9 Å². The third-order valence-corrected chi connectivity index (χ3v) is 8.79. The van der Waals surface area contributed by atoms with Crippen molar-refractivity contribution in [2.75, 3.05) is 0 Å². The van der Waals surface area contributed by atoms with Crippen molar-refractivity contribution in [1.29, 1.82) is 0 Å². The Labute approximate surface area is 182 Å².